The fraction of sp³-hybridized carbons (Fsp3) is 0.900. The van der Waals surface area contributed by atoms with Crippen LogP contribution in [-0.2, 0) is 9.47 Å². The van der Waals surface area contributed by atoms with Gasteiger partial charge < -0.3 is 25.4 Å². The summed E-state index contributed by atoms with van der Waals surface area (Å²) in [6, 6.07) is 0. The van der Waals surface area contributed by atoms with Crippen LogP contribution >= 0.6 is 35.7 Å². The van der Waals surface area contributed by atoms with Gasteiger partial charge in [-0.15, -0.1) is 24.0 Å². The second kappa shape index (κ2) is 12.0. The van der Waals surface area contributed by atoms with Crippen LogP contribution in [0.4, 0.5) is 4.79 Å². The highest BCUT2D eigenvalue weighted by Gasteiger charge is 2.40. The van der Waals surface area contributed by atoms with Crippen molar-refractivity contribution in [3.8, 4) is 0 Å². The molecule has 2 saturated heterocycles. The largest absolute Gasteiger partial charge is 0.444 e. The lowest BCUT2D eigenvalue weighted by atomic mass is 9.95. The fourth-order valence-electron chi connectivity index (χ4n) is 3.53. The van der Waals surface area contributed by atoms with E-state index in [2.05, 4.69) is 25.8 Å². The Morgan fingerprint density at radius 1 is 1.20 bits per heavy atom. The monoisotopic (exact) mass is 557 g/mol. The number of thioether (sulfide) groups is 1. The van der Waals surface area contributed by atoms with E-state index < -0.39 is 17.2 Å². The lowest BCUT2D eigenvalue weighted by molar-refractivity contribution is -0.0120. The fourth-order valence-corrected chi connectivity index (χ4v) is 5.01. The van der Waals surface area contributed by atoms with Crippen molar-refractivity contribution in [3.63, 3.8) is 0 Å². The first-order valence-corrected chi connectivity index (χ1v) is 11.6. The van der Waals surface area contributed by atoms with Gasteiger partial charge in [-0.1, -0.05) is 0 Å². The zero-order valence-electron chi connectivity index (χ0n) is 19.3. The van der Waals surface area contributed by atoms with Crippen molar-refractivity contribution in [2.24, 2.45) is 4.99 Å². The van der Waals surface area contributed by atoms with Crippen LogP contribution in [-0.4, -0.2) is 91.6 Å². The van der Waals surface area contributed by atoms with Crippen LogP contribution in [0.5, 0.6) is 0 Å². The number of ether oxygens (including phenoxy) is 2. The topological polar surface area (TPSA) is 87.2 Å². The number of halogens is 1. The minimum absolute atomic E-state index is 0. The van der Waals surface area contributed by atoms with E-state index in [-0.39, 0.29) is 29.5 Å². The predicted octanol–water partition coefficient (Wildman–Crippen LogP) is 2.28. The average Bonchev–Trinajstić information content (AvgIpc) is 3.10. The SMILES string of the molecule is CN=C(NCC(C)(C)NC(=O)OC(C)(C)C)NCC1(N2CCOCC2)CCSC1.I. The van der Waals surface area contributed by atoms with Gasteiger partial charge in [-0.05, 0) is 46.8 Å². The highest BCUT2D eigenvalue weighted by atomic mass is 127. The molecular weight excluding hydrogens is 517 g/mol. The van der Waals surface area contributed by atoms with Gasteiger partial charge in [0.05, 0.1) is 18.8 Å². The van der Waals surface area contributed by atoms with Gasteiger partial charge in [-0.3, -0.25) is 9.89 Å². The van der Waals surface area contributed by atoms with Crippen LogP contribution in [0.15, 0.2) is 4.99 Å². The third-order valence-electron chi connectivity index (χ3n) is 5.11. The Morgan fingerprint density at radius 2 is 1.87 bits per heavy atom. The summed E-state index contributed by atoms with van der Waals surface area (Å²) in [5.74, 6) is 3.06. The number of morpholine rings is 1. The normalized spacial score (nSPS) is 23.5. The minimum atomic E-state index is -0.516. The molecule has 0 spiro atoms. The zero-order valence-corrected chi connectivity index (χ0v) is 22.4. The number of hydrogen-bond acceptors (Lipinski definition) is 6. The number of nitrogens with zero attached hydrogens (tertiary/aromatic N) is 2. The molecule has 176 valence electrons. The smallest absolute Gasteiger partial charge is 0.408 e. The molecule has 0 radical (unpaired) electrons. The number of carbonyl (C=O) groups is 1. The number of aliphatic imine (C=N–C) groups is 1. The van der Waals surface area contributed by atoms with Crippen LogP contribution in [0.2, 0.25) is 0 Å². The first-order valence-electron chi connectivity index (χ1n) is 10.4. The van der Waals surface area contributed by atoms with Crippen LogP contribution < -0.4 is 16.0 Å². The van der Waals surface area contributed by atoms with E-state index in [1.807, 2.05) is 46.4 Å². The van der Waals surface area contributed by atoms with E-state index in [1.165, 1.54) is 12.2 Å². The van der Waals surface area contributed by atoms with Gasteiger partial charge in [0, 0.05) is 44.5 Å². The summed E-state index contributed by atoms with van der Waals surface area (Å²) >= 11 is 2.02. The molecule has 30 heavy (non-hydrogen) atoms. The molecule has 0 aromatic heterocycles. The molecular formula is C20H40IN5O3S. The second-order valence-electron chi connectivity index (χ2n) is 9.42. The second-order valence-corrected chi connectivity index (χ2v) is 10.5. The van der Waals surface area contributed by atoms with Gasteiger partial charge in [0.25, 0.3) is 0 Å². The molecule has 1 atom stereocenters. The van der Waals surface area contributed by atoms with E-state index in [9.17, 15) is 4.79 Å². The van der Waals surface area contributed by atoms with Crippen LogP contribution in [0, 0.1) is 0 Å². The van der Waals surface area contributed by atoms with E-state index in [4.69, 9.17) is 9.47 Å². The van der Waals surface area contributed by atoms with E-state index in [1.54, 1.807) is 7.05 Å². The number of carbonyl (C=O) groups excluding carboxylic acids is 1. The molecule has 8 nitrogen and oxygen atoms in total. The summed E-state index contributed by atoms with van der Waals surface area (Å²) in [6.07, 6.45) is 0.759. The van der Waals surface area contributed by atoms with Crippen LogP contribution in [0.3, 0.4) is 0 Å². The highest BCUT2D eigenvalue weighted by molar-refractivity contribution is 14.0. The molecule has 2 aliphatic heterocycles. The van der Waals surface area contributed by atoms with Gasteiger partial charge in [-0.25, -0.2) is 4.79 Å². The highest BCUT2D eigenvalue weighted by Crippen LogP contribution is 2.33. The molecule has 2 heterocycles. The van der Waals surface area contributed by atoms with Crippen molar-refractivity contribution in [1.82, 2.24) is 20.9 Å². The van der Waals surface area contributed by atoms with Crippen molar-refractivity contribution >= 4 is 47.8 Å². The van der Waals surface area contributed by atoms with Crippen molar-refractivity contribution in [2.45, 2.75) is 57.7 Å². The van der Waals surface area contributed by atoms with E-state index in [0.29, 0.717) is 6.54 Å². The number of rotatable bonds is 6. The first kappa shape index (κ1) is 27.6. The Morgan fingerprint density at radius 3 is 2.40 bits per heavy atom. The number of hydrogen-bond donors (Lipinski definition) is 3. The van der Waals surface area contributed by atoms with Crippen LogP contribution in [0.25, 0.3) is 0 Å². The molecule has 1 amide bonds. The molecule has 10 heteroatoms. The van der Waals surface area contributed by atoms with Crippen molar-refractivity contribution in [1.29, 1.82) is 0 Å². The van der Waals surface area contributed by atoms with Crippen LogP contribution in [0.1, 0.15) is 41.0 Å². The molecule has 2 fully saturated rings. The lowest BCUT2D eigenvalue weighted by Crippen LogP contribution is -2.61. The maximum absolute atomic E-state index is 12.1. The molecule has 3 N–H and O–H groups in total. The van der Waals surface area contributed by atoms with E-state index >= 15 is 0 Å². The maximum atomic E-state index is 12.1. The van der Waals surface area contributed by atoms with Crippen molar-refractivity contribution < 1.29 is 14.3 Å². The molecule has 1 unspecified atom stereocenters. The van der Waals surface area contributed by atoms with Crippen molar-refractivity contribution in [3.05, 3.63) is 0 Å². The van der Waals surface area contributed by atoms with Gasteiger partial charge in [0.15, 0.2) is 5.96 Å². The summed E-state index contributed by atoms with van der Waals surface area (Å²) in [4.78, 5) is 19.0. The Kier molecular flexibility index (Phi) is 11.0. The third-order valence-corrected chi connectivity index (χ3v) is 6.34. The molecule has 0 saturated carbocycles. The number of alkyl carbamates (subject to hydrolysis) is 1. The quantitative estimate of drug-likeness (QED) is 0.263. The number of guanidine groups is 1. The summed E-state index contributed by atoms with van der Waals surface area (Å²) in [5, 5.41) is 9.77. The molecule has 2 aliphatic rings. The third kappa shape index (κ3) is 8.96. The first-order chi connectivity index (χ1) is 13.6. The number of amides is 1. The molecule has 0 bridgehead atoms. The average molecular weight is 558 g/mol. The number of nitrogens with one attached hydrogen (secondary N) is 3. The van der Waals surface area contributed by atoms with E-state index in [0.717, 1.165) is 44.6 Å². The maximum Gasteiger partial charge on any atom is 0.408 e. The Bertz CT molecular complexity index is 571. The van der Waals surface area contributed by atoms with Crippen molar-refractivity contribution in [2.75, 3.05) is 57.9 Å². The summed E-state index contributed by atoms with van der Waals surface area (Å²) in [5.41, 5.74) is -0.848. The summed E-state index contributed by atoms with van der Waals surface area (Å²) in [6.45, 7) is 14.5. The molecule has 2 rings (SSSR count). The zero-order chi connectivity index (χ0) is 21.5. The Balaban J connectivity index is 0.00000450. The molecule has 0 aliphatic carbocycles. The summed E-state index contributed by atoms with van der Waals surface area (Å²) < 4.78 is 10.9. The van der Waals surface area contributed by atoms with Gasteiger partial charge >= 0.3 is 6.09 Å². The minimum Gasteiger partial charge on any atom is -0.444 e. The van der Waals surface area contributed by atoms with Gasteiger partial charge in [0.1, 0.15) is 5.60 Å². The van der Waals surface area contributed by atoms with Gasteiger partial charge in [0.2, 0.25) is 0 Å². The molecule has 0 aromatic rings. The predicted molar refractivity (Wildman–Crippen MR) is 135 cm³/mol. The lowest BCUT2D eigenvalue weighted by Gasteiger charge is -2.43. The van der Waals surface area contributed by atoms with Gasteiger partial charge in [-0.2, -0.15) is 11.8 Å². The Hall–Kier alpha value is -0.460. The summed E-state index contributed by atoms with van der Waals surface area (Å²) in [7, 11) is 1.77. The Labute approximate surface area is 203 Å². The molecule has 0 aromatic carbocycles. The standard InChI is InChI=1S/C20H39N5O3S.HI/c1-18(2,3)28-17(26)24-19(4,5)13-22-16(21-6)23-14-20(7-12-29-15-20)25-8-10-27-11-9-25;/h7-15H2,1-6H3,(H,24,26)(H2,21,22,23);1H.